The van der Waals surface area contributed by atoms with Gasteiger partial charge in [0.25, 0.3) is 0 Å². The quantitative estimate of drug-likeness (QED) is 0.556. The number of carbonyl (C=O) groups excluding carboxylic acids is 1. The lowest BCUT2D eigenvalue weighted by atomic mass is 10.1. The second-order valence-corrected chi connectivity index (χ2v) is 6.24. The molecule has 0 fully saturated rings. The number of carbonyl (C=O) groups is 2. The van der Waals surface area contributed by atoms with Crippen molar-refractivity contribution in [3.05, 3.63) is 73.1 Å². The summed E-state index contributed by atoms with van der Waals surface area (Å²) in [5.74, 6) is -0.0587. The van der Waals surface area contributed by atoms with Gasteiger partial charge in [-0.25, -0.2) is 0 Å². The van der Waals surface area contributed by atoms with Crippen molar-refractivity contribution >= 4 is 17.6 Å². The molecule has 1 amide bonds. The average Bonchev–Trinajstić information content (AvgIpc) is 3.23. The van der Waals surface area contributed by atoms with E-state index < -0.39 is 12.0 Å². The zero-order valence-electron chi connectivity index (χ0n) is 15.1. The molecule has 0 spiro atoms. The van der Waals surface area contributed by atoms with Crippen LogP contribution in [-0.4, -0.2) is 27.6 Å². The van der Waals surface area contributed by atoms with Gasteiger partial charge >= 0.3 is 5.97 Å². The van der Waals surface area contributed by atoms with Gasteiger partial charge in [-0.05, 0) is 67.1 Å². The minimum Gasteiger partial charge on any atom is -0.480 e. The van der Waals surface area contributed by atoms with Gasteiger partial charge in [0.05, 0.1) is 0 Å². The SMILES string of the molecule is N[C@@H](CCC(=O)Nc1ccc(Oc2ccc(-n3cccc3)cc2)cc1)C(=O)O. The van der Waals surface area contributed by atoms with Crippen LogP contribution in [0.4, 0.5) is 5.69 Å². The van der Waals surface area contributed by atoms with E-state index in [-0.39, 0.29) is 18.7 Å². The smallest absolute Gasteiger partial charge is 0.320 e. The summed E-state index contributed by atoms with van der Waals surface area (Å²) in [5.41, 5.74) is 7.03. The second-order valence-electron chi connectivity index (χ2n) is 6.24. The fourth-order valence-corrected chi connectivity index (χ4v) is 2.57. The molecule has 3 aromatic rings. The maximum Gasteiger partial charge on any atom is 0.320 e. The van der Waals surface area contributed by atoms with E-state index >= 15 is 0 Å². The van der Waals surface area contributed by atoms with Crippen molar-refractivity contribution in [3.63, 3.8) is 0 Å². The van der Waals surface area contributed by atoms with Crippen LogP contribution >= 0.6 is 0 Å². The molecule has 0 radical (unpaired) electrons. The van der Waals surface area contributed by atoms with Crippen LogP contribution in [0.3, 0.4) is 0 Å². The molecular weight excluding hydrogens is 358 g/mol. The Morgan fingerprint density at radius 2 is 1.57 bits per heavy atom. The van der Waals surface area contributed by atoms with E-state index in [0.29, 0.717) is 17.2 Å². The largest absolute Gasteiger partial charge is 0.480 e. The zero-order chi connectivity index (χ0) is 19.9. The predicted molar refractivity (Wildman–Crippen MR) is 106 cm³/mol. The Morgan fingerprint density at radius 1 is 1.00 bits per heavy atom. The highest BCUT2D eigenvalue weighted by Crippen LogP contribution is 2.24. The number of benzene rings is 2. The molecule has 2 aromatic carbocycles. The Balaban J connectivity index is 1.53. The number of anilines is 1. The van der Waals surface area contributed by atoms with Crippen LogP contribution in [0.2, 0.25) is 0 Å². The number of nitrogens with one attached hydrogen (secondary N) is 1. The zero-order valence-corrected chi connectivity index (χ0v) is 15.1. The van der Waals surface area contributed by atoms with Gasteiger partial charge in [-0.2, -0.15) is 0 Å². The predicted octanol–water partition coefficient (Wildman–Crippen LogP) is 3.40. The first-order chi connectivity index (χ1) is 13.5. The Labute approximate surface area is 162 Å². The van der Waals surface area contributed by atoms with Gasteiger partial charge in [0.1, 0.15) is 17.5 Å². The molecule has 0 aliphatic carbocycles. The van der Waals surface area contributed by atoms with Crippen LogP contribution in [0, 0.1) is 0 Å². The Kier molecular flexibility index (Phi) is 6.08. The molecule has 1 aromatic heterocycles. The first kappa shape index (κ1) is 19.2. The molecule has 0 saturated heterocycles. The molecule has 1 atom stereocenters. The summed E-state index contributed by atoms with van der Waals surface area (Å²) >= 11 is 0. The van der Waals surface area contributed by atoms with E-state index in [9.17, 15) is 9.59 Å². The van der Waals surface area contributed by atoms with Gasteiger partial charge in [-0.1, -0.05) is 0 Å². The van der Waals surface area contributed by atoms with E-state index in [4.69, 9.17) is 15.6 Å². The number of carboxylic acid groups (broad SMARTS) is 1. The molecule has 4 N–H and O–H groups in total. The third kappa shape index (κ3) is 5.21. The Morgan fingerprint density at radius 3 is 2.14 bits per heavy atom. The first-order valence-electron chi connectivity index (χ1n) is 8.81. The summed E-state index contributed by atoms with van der Waals surface area (Å²) in [6.07, 6.45) is 4.07. The highest BCUT2D eigenvalue weighted by molar-refractivity contribution is 5.91. The van der Waals surface area contributed by atoms with E-state index in [1.54, 1.807) is 24.3 Å². The summed E-state index contributed by atoms with van der Waals surface area (Å²) in [6.45, 7) is 0. The van der Waals surface area contributed by atoms with Gasteiger partial charge < -0.3 is 25.5 Å². The molecule has 144 valence electrons. The molecule has 0 bridgehead atoms. The van der Waals surface area contributed by atoms with Gasteiger partial charge in [-0.3, -0.25) is 9.59 Å². The van der Waals surface area contributed by atoms with Gasteiger partial charge in [-0.15, -0.1) is 0 Å². The van der Waals surface area contributed by atoms with Crippen LogP contribution in [0.15, 0.2) is 73.1 Å². The number of rotatable bonds is 8. The van der Waals surface area contributed by atoms with E-state index in [1.807, 2.05) is 53.4 Å². The molecule has 3 rings (SSSR count). The topological polar surface area (TPSA) is 107 Å². The summed E-state index contributed by atoms with van der Waals surface area (Å²) in [5, 5.41) is 11.4. The molecule has 0 aliphatic heterocycles. The number of ether oxygens (including phenoxy) is 1. The molecule has 0 saturated carbocycles. The maximum atomic E-state index is 11.9. The molecule has 28 heavy (non-hydrogen) atoms. The van der Waals surface area contributed by atoms with E-state index in [1.165, 1.54) is 0 Å². The third-order valence-electron chi connectivity index (χ3n) is 4.11. The number of nitrogens with two attached hydrogens (primary N) is 1. The van der Waals surface area contributed by atoms with Crippen molar-refractivity contribution < 1.29 is 19.4 Å². The lowest BCUT2D eigenvalue weighted by molar-refractivity contribution is -0.138. The normalized spacial score (nSPS) is 11.6. The third-order valence-corrected chi connectivity index (χ3v) is 4.11. The fraction of sp³-hybridized carbons (Fsp3) is 0.143. The monoisotopic (exact) mass is 379 g/mol. The van der Waals surface area contributed by atoms with Crippen molar-refractivity contribution in [2.45, 2.75) is 18.9 Å². The molecule has 7 heteroatoms. The molecule has 1 heterocycles. The molecular formula is C21H21N3O4. The number of hydrogen-bond donors (Lipinski definition) is 3. The van der Waals surface area contributed by atoms with E-state index in [2.05, 4.69) is 5.32 Å². The summed E-state index contributed by atoms with van der Waals surface area (Å²) in [4.78, 5) is 22.5. The summed E-state index contributed by atoms with van der Waals surface area (Å²) in [7, 11) is 0. The van der Waals surface area contributed by atoms with Crippen LogP contribution < -0.4 is 15.8 Å². The van der Waals surface area contributed by atoms with Gasteiger partial charge in [0.15, 0.2) is 0 Å². The van der Waals surface area contributed by atoms with Crippen molar-refractivity contribution in [2.24, 2.45) is 5.73 Å². The number of carboxylic acids is 1. The van der Waals surface area contributed by atoms with Crippen molar-refractivity contribution in [3.8, 4) is 17.2 Å². The van der Waals surface area contributed by atoms with Crippen LogP contribution in [0.1, 0.15) is 12.8 Å². The minimum absolute atomic E-state index is 0.0411. The summed E-state index contributed by atoms with van der Waals surface area (Å²) in [6, 6.07) is 17.5. The fourth-order valence-electron chi connectivity index (χ4n) is 2.57. The number of aliphatic carboxylic acids is 1. The Bertz CT molecular complexity index is 919. The van der Waals surface area contributed by atoms with Crippen LogP contribution in [0.5, 0.6) is 11.5 Å². The highest BCUT2D eigenvalue weighted by atomic mass is 16.5. The van der Waals surface area contributed by atoms with Crippen LogP contribution in [0.25, 0.3) is 5.69 Å². The van der Waals surface area contributed by atoms with Crippen molar-refractivity contribution in [1.82, 2.24) is 4.57 Å². The van der Waals surface area contributed by atoms with E-state index in [0.717, 1.165) is 5.69 Å². The molecule has 0 aliphatic rings. The average molecular weight is 379 g/mol. The number of nitrogens with zero attached hydrogens (tertiary/aromatic N) is 1. The number of aromatic nitrogens is 1. The highest BCUT2D eigenvalue weighted by Gasteiger charge is 2.13. The summed E-state index contributed by atoms with van der Waals surface area (Å²) < 4.78 is 7.82. The van der Waals surface area contributed by atoms with Gasteiger partial charge in [0.2, 0.25) is 5.91 Å². The minimum atomic E-state index is -1.12. The lowest BCUT2D eigenvalue weighted by Gasteiger charge is -2.10. The first-order valence-corrected chi connectivity index (χ1v) is 8.81. The standard InChI is InChI=1S/C21H21N3O4/c22-19(21(26)27)11-12-20(25)23-15-3-7-17(8-4-15)28-18-9-5-16(6-10-18)24-13-1-2-14-24/h1-10,13-14,19H,11-12,22H2,(H,23,25)(H,26,27)/t19-/m0/s1. The Hall–Kier alpha value is -3.58. The van der Waals surface area contributed by atoms with Crippen LogP contribution in [-0.2, 0) is 9.59 Å². The number of amides is 1. The van der Waals surface area contributed by atoms with Gasteiger partial charge in [0, 0.05) is 30.2 Å². The second kappa shape index (κ2) is 8.88. The van der Waals surface area contributed by atoms with Crippen molar-refractivity contribution in [2.75, 3.05) is 5.32 Å². The molecule has 0 unspecified atom stereocenters. The lowest BCUT2D eigenvalue weighted by Crippen LogP contribution is -2.31. The number of hydrogen-bond acceptors (Lipinski definition) is 4. The van der Waals surface area contributed by atoms with Crippen molar-refractivity contribution in [1.29, 1.82) is 0 Å². The molecule has 7 nitrogen and oxygen atoms in total. The maximum absolute atomic E-state index is 11.9.